The van der Waals surface area contributed by atoms with Crippen molar-refractivity contribution >= 4 is 11.7 Å². The van der Waals surface area contributed by atoms with E-state index in [4.69, 9.17) is 9.72 Å². The summed E-state index contributed by atoms with van der Waals surface area (Å²) in [6.45, 7) is 8.34. The van der Waals surface area contributed by atoms with E-state index in [0.717, 1.165) is 55.5 Å². The molecule has 1 aliphatic carbocycles. The zero-order chi connectivity index (χ0) is 17.4. The molecule has 4 rings (SSSR count). The SMILES string of the molecule is Cc1cc(N2CCOCC2)nc2c1C(=O)N(CC1CCCCC1)C2C. The molecule has 1 saturated heterocycles. The van der Waals surface area contributed by atoms with Crippen molar-refractivity contribution in [2.45, 2.75) is 52.0 Å². The quantitative estimate of drug-likeness (QED) is 0.844. The van der Waals surface area contributed by atoms with E-state index < -0.39 is 0 Å². The highest BCUT2D eigenvalue weighted by molar-refractivity contribution is 6.00. The number of amides is 1. The molecule has 0 bridgehead atoms. The molecule has 0 N–H and O–H groups in total. The van der Waals surface area contributed by atoms with Gasteiger partial charge in [-0.3, -0.25) is 4.79 Å². The van der Waals surface area contributed by atoms with Crippen LogP contribution in [0.1, 0.15) is 66.7 Å². The van der Waals surface area contributed by atoms with Crippen LogP contribution in [0.2, 0.25) is 0 Å². The van der Waals surface area contributed by atoms with Crippen molar-refractivity contribution in [3.05, 3.63) is 22.9 Å². The van der Waals surface area contributed by atoms with E-state index in [1.54, 1.807) is 0 Å². The molecule has 1 unspecified atom stereocenters. The van der Waals surface area contributed by atoms with Gasteiger partial charge in [0.15, 0.2) is 0 Å². The molecule has 5 heteroatoms. The Morgan fingerprint density at radius 1 is 1.20 bits per heavy atom. The third-order valence-electron chi connectivity index (χ3n) is 6.08. The van der Waals surface area contributed by atoms with Gasteiger partial charge in [-0.15, -0.1) is 0 Å². The number of pyridine rings is 1. The first-order valence-electron chi connectivity index (χ1n) is 9.80. The molecule has 0 aromatic carbocycles. The van der Waals surface area contributed by atoms with Crippen LogP contribution < -0.4 is 4.90 Å². The Kier molecular flexibility index (Phi) is 4.67. The zero-order valence-electron chi connectivity index (χ0n) is 15.5. The molecule has 2 fully saturated rings. The van der Waals surface area contributed by atoms with Crippen LogP contribution in [0.15, 0.2) is 6.07 Å². The Bertz CT molecular complexity index is 649. The molecule has 136 valence electrons. The number of anilines is 1. The number of aromatic nitrogens is 1. The normalized spacial score (nSPS) is 24.7. The van der Waals surface area contributed by atoms with Gasteiger partial charge in [-0.1, -0.05) is 19.3 Å². The predicted molar refractivity (Wildman–Crippen MR) is 98.0 cm³/mol. The van der Waals surface area contributed by atoms with Crippen LogP contribution >= 0.6 is 0 Å². The van der Waals surface area contributed by atoms with Crippen LogP contribution in [0.5, 0.6) is 0 Å². The Morgan fingerprint density at radius 2 is 1.92 bits per heavy atom. The van der Waals surface area contributed by atoms with Gasteiger partial charge in [-0.25, -0.2) is 4.98 Å². The topological polar surface area (TPSA) is 45.7 Å². The summed E-state index contributed by atoms with van der Waals surface area (Å²) in [6.07, 6.45) is 6.50. The van der Waals surface area contributed by atoms with Crippen LogP contribution in [0.3, 0.4) is 0 Å². The zero-order valence-corrected chi connectivity index (χ0v) is 15.5. The van der Waals surface area contributed by atoms with Gasteiger partial charge in [-0.05, 0) is 44.2 Å². The molecule has 25 heavy (non-hydrogen) atoms. The van der Waals surface area contributed by atoms with E-state index in [1.165, 1.54) is 32.1 Å². The van der Waals surface area contributed by atoms with Crippen LogP contribution in [-0.2, 0) is 4.74 Å². The fourth-order valence-electron chi connectivity index (χ4n) is 4.57. The molecular weight excluding hydrogens is 314 g/mol. The summed E-state index contributed by atoms with van der Waals surface area (Å²) in [6, 6.07) is 2.17. The maximum Gasteiger partial charge on any atom is 0.256 e. The van der Waals surface area contributed by atoms with Gasteiger partial charge < -0.3 is 14.5 Å². The summed E-state index contributed by atoms with van der Waals surface area (Å²) in [4.78, 5) is 22.3. The summed E-state index contributed by atoms with van der Waals surface area (Å²) >= 11 is 0. The lowest BCUT2D eigenvalue weighted by Crippen LogP contribution is -2.37. The summed E-state index contributed by atoms with van der Waals surface area (Å²) in [5, 5.41) is 0. The number of fused-ring (bicyclic) bond motifs is 1. The molecule has 0 radical (unpaired) electrons. The van der Waals surface area contributed by atoms with Crippen molar-refractivity contribution in [1.82, 2.24) is 9.88 Å². The Labute approximate surface area is 150 Å². The standard InChI is InChI=1S/C20H29N3O2/c1-14-12-17(22-8-10-25-11-9-22)21-19-15(2)23(20(24)18(14)19)13-16-6-4-3-5-7-16/h12,15-16H,3-11,13H2,1-2H3. The number of hydrogen-bond acceptors (Lipinski definition) is 4. The second-order valence-electron chi connectivity index (χ2n) is 7.79. The number of morpholine rings is 1. The molecule has 2 aliphatic heterocycles. The average Bonchev–Trinajstić information content (AvgIpc) is 2.88. The molecule has 1 saturated carbocycles. The van der Waals surface area contributed by atoms with Gasteiger partial charge in [0, 0.05) is 19.6 Å². The highest BCUT2D eigenvalue weighted by atomic mass is 16.5. The third-order valence-corrected chi connectivity index (χ3v) is 6.08. The van der Waals surface area contributed by atoms with Crippen molar-refractivity contribution in [3.8, 4) is 0 Å². The van der Waals surface area contributed by atoms with E-state index in [1.807, 2.05) is 0 Å². The van der Waals surface area contributed by atoms with E-state index in [0.29, 0.717) is 5.92 Å². The lowest BCUT2D eigenvalue weighted by molar-refractivity contribution is 0.0686. The fourth-order valence-corrected chi connectivity index (χ4v) is 4.57. The summed E-state index contributed by atoms with van der Waals surface area (Å²) < 4.78 is 5.45. The highest BCUT2D eigenvalue weighted by Gasteiger charge is 2.38. The molecule has 0 spiro atoms. The maximum absolute atomic E-state index is 13.0. The van der Waals surface area contributed by atoms with E-state index in [9.17, 15) is 4.79 Å². The number of rotatable bonds is 3. The van der Waals surface area contributed by atoms with Crippen molar-refractivity contribution < 1.29 is 9.53 Å². The Morgan fingerprint density at radius 3 is 2.64 bits per heavy atom. The monoisotopic (exact) mass is 343 g/mol. The summed E-state index contributed by atoms with van der Waals surface area (Å²) in [7, 11) is 0. The molecule has 1 atom stereocenters. The van der Waals surface area contributed by atoms with Gasteiger partial charge >= 0.3 is 0 Å². The lowest BCUT2D eigenvalue weighted by Gasteiger charge is -2.30. The lowest BCUT2D eigenvalue weighted by atomic mass is 9.89. The highest BCUT2D eigenvalue weighted by Crippen LogP contribution is 2.37. The number of ether oxygens (including phenoxy) is 1. The minimum Gasteiger partial charge on any atom is -0.378 e. The second-order valence-corrected chi connectivity index (χ2v) is 7.79. The molecule has 5 nitrogen and oxygen atoms in total. The number of carbonyl (C=O) groups excluding carboxylic acids is 1. The van der Waals surface area contributed by atoms with Gasteiger partial charge in [0.2, 0.25) is 0 Å². The van der Waals surface area contributed by atoms with E-state index >= 15 is 0 Å². The average molecular weight is 343 g/mol. The van der Waals surface area contributed by atoms with Crippen molar-refractivity contribution in [1.29, 1.82) is 0 Å². The Hall–Kier alpha value is -1.62. The largest absolute Gasteiger partial charge is 0.378 e. The first-order valence-corrected chi connectivity index (χ1v) is 9.80. The molecule has 1 amide bonds. The van der Waals surface area contributed by atoms with Crippen molar-refractivity contribution in [3.63, 3.8) is 0 Å². The van der Waals surface area contributed by atoms with Crippen LogP contribution in [0.25, 0.3) is 0 Å². The predicted octanol–water partition coefficient (Wildman–Crippen LogP) is 3.32. The van der Waals surface area contributed by atoms with Crippen LogP contribution in [0, 0.1) is 12.8 Å². The van der Waals surface area contributed by atoms with Gasteiger partial charge in [0.05, 0.1) is 30.5 Å². The van der Waals surface area contributed by atoms with Gasteiger partial charge in [0.1, 0.15) is 5.82 Å². The fraction of sp³-hybridized carbons (Fsp3) is 0.700. The number of nitrogens with zero attached hydrogens (tertiary/aromatic N) is 3. The first-order chi connectivity index (χ1) is 12.1. The van der Waals surface area contributed by atoms with Crippen LogP contribution in [0.4, 0.5) is 5.82 Å². The molecule has 3 aliphatic rings. The van der Waals surface area contributed by atoms with E-state index in [2.05, 4.69) is 29.7 Å². The molecular formula is C20H29N3O2. The molecule has 1 aromatic heterocycles. The van der Waals surface area contributed by atoms with Gasteiger partial charge in [-0.2, -0.15) is 0 Å². The smallest absolute Gasteiger partial charge is 0.256 e. The van der Waals surface area contributed by atoms with Crippen molar-refractivity contribution in [2.75, 3.05) is 37.7 Å². The maximum atomic E-state index is 13.0. The number of hydrogen-bond donors (Lipinski definition) is 0. The summed E-state index contributed by atoms with van der Waals surface area (Å²) in [5.74, 6) is 1.85. The molecule has 1 aromatic rings. The van der Waals surface area contributed by atoms with Crippen molar-refractivity contribution in [2.24, 2.45) is 5.92 Å². The molecule has 3 heterocycles. The van der Waals surface area contributed by atoms with Crippen LogP contribution in [-0.4, -0.2) is 48.6 Å². The number of aryl methyl sites for hydroxylation is 1. The number of carbonyl (C=O) groups is 1. The first kappa shape index (κ1) is 16.8. The van der Waals surface area contributed by atoms with Gasteiger partial charge in [0.25, 0.3) is 5.91 Å². The second kappa shape index (κ2) is 6.94. The van der Waals surface area contributed by atoms with E-state index in [-0.39, 0.29) is 11.9 Å². The summed E-state index contributed by atoms with van der Waals surface area (Å²) in [5.41, 5.74) is 2.89. The third kappa shape index (κ3) is 3.14. The minimum absolute atomic E-state index is 0.0871. The Balaban J connectivity index is 1.58. The minimum atomic E-state index is 0.0871.